The van der Waals surface area contributed by atoms with Crippen LogP contribution in [-0.2, 0) is 0 Å². The summed E-state index contributed by atoms with van der Waals surface area (Å²) in [5.74, 6) is 0.212. The molecule has 0 aliphatic rings. The van der Waals surface area contributed by atoms with Gasteiger partial charge in [-0.05, 0) is 49.2 Å². The Morgan fingerprint density at radius 1 is 1.26 bits per heavy atom. The van der Waals surface area contributed by atoms with Crippen molar-refractivity contribution in [2.24, 2.45) is 10.7 Å². The summed E-state index contributed by atoms with van der Waals surface area (Å²) in [6.07, 6.45) is 5.54. The van der Waals surface area contributed by atoms with Gasteiger partial charge >= 0.3 is 0 Å². The van der Waals surface area contributed by atoms with E-state index in [0.29, 0.717) is 18.1 Å². The Morgan fingerprint density at radius 2 is 2.11 bits per heavy atom. The number of hydrogen-bond acceptors (Lipinski definition) is 3. The lowest BCUT2D eigenvalue weighted by molar-refractivity contribution is 0.102. The zero-order valence-corrected chi connectivity index (χ0v) is 15.5. The Hall–Kier alpha value is -3.35. The van der Waals surface area contributed by atoms with Crippen LogP contribution in [0.15, 0.2) is 47.7 Å². The summed E-state index contributed by atoms with van der Waals surface area (Å²) in [5, 5.41) is 6.89. The summed E-state index contributed by atoms with van der Waals surface area (Å²) >= 11 is 0. The molecule has 7 nitrogen and oxygen atoms in total. The van der Waals surface area contributed by atoms with E-state index in [-0.39, 0.29) is 5.91 Å². The van der Waals surface area contributed by atoms with Crippen molar-refractivity contribution in [1.82, 2.24) is 9.97 Å². The van der Waals surface area contributed by atoms with Crippen molar-refractivity contribution in [1.29, 1.82) is 0 Å². The molecule has 1 amide bonds. The minimum Gasteiger partial charge on any atom is -0.370 e. The number of aromatic amines is 1. The van der Waals surface area contributed by atoms with Crippen LogP contribution in [0.5, 0.6) is 0 Å². The smallest absolute Gasteiger partial charge is 0.255 e. The monoisotopic (exact) mass is 364 g/mol. The van der Waals surface area contributed by atoms with Crippen LogP contribution < -0.4 is 16.4 Å². The van der Waals surface area contributed by atoms with Crippen LogP contribution in [0, 0.1) is 6.92 Å². The fraction of sp³-hybridized carbons (Fsp3) is 0.250. The molecule has 0 aliphatic heterocycles. The van der Waals surface area contributed by atoms with Crippen LogP contribution in [0.4, 0.5) is 11.4 Å². The summed E-state index contributed by atoms with van der Waals surface area (Å²) < 4.78 is 0. The van der Waals surface area contributed by atoms with Crippen LogP contribution >= 0.6 is 0 Å². The summed E-state index contributed by atoms with van der Waals surface area (Å²) in [6, 6.07) is 9.16. The summed E-state index contributed by atoms with van der Waals surface area (Å²) in [5.41, 5.74) is 9.60. The molecule has 3 rings (SSSR count). The molecule has 0 unspecified atom stereocenters. The van der Waals surface area contributed by atoms with Crippen molar-refractivity contribution < 1.29 is 4.79 Å². The Labute approximate surface area is 158 Å². The molecule has 3 aromatic rings. The van der Waals surface area contributed by atoms with E-state index in [9.17, 15) is 4.79 Å². The lowest BCUT2D eigenvalue weighted by atomic mass is 10.1. The zero-order valence-electron chi connectivity index (χ0n) is 15.5. The third-order valence-corrected chi connectivity index (χ3v) is 4.25. The number of hydrogen-bond donors (Lipinski definition) is 4. The Morgan fingerprint density at radius 3 is 2.89 bits per heavy atom. The molecule has 0 saturated heterocycles. The molecular weight excluding hydrogens is 340 g/mol. The number of guanidine groups is 1. The fourth-order valence-electron chi connectivity index (χ4n) is 2.80. The number of nitrogens with one attached hydrogen (secondary N) is 3. The van der Waals surface area contributed by atoms with Crippen LogP contribution in [0.2, 0.25) is 0 Å². The first-order valence-electron chi connectivity index (χ1n) is 8.99. The molecule has 0 aliphatic carbocycles. The van der Waals surface area contributed by atoms with Gasteiger partial charge in [0.25, 0.3) is 5.91 Å². The minimum atomic E-state index is -0.169. The number of anilines is 2. The maximum atomic E-state index is 12.7. The molecule has 0 spiro atoms. The van der Waals surface area contributed by atoms with Crippen molar-refractivity contribution >= 4 is 34.3 Å². The second kappa shape index (κ2) is 8.35. The molecular formula is C20H24N6O. The van der Waals surface area contributed by atoms with Gasteiger partial charge in [-0.25, -0.2) is 4.98 Å². The molecule has 1 aromatic carbocycles. The third-order valence-electron chi connectivity index (χ3n) is 4.25. The van der Waals surface area contributed by atoms with Gasteiger partial charge in [0.15, 0.2) is 5.96 Å². The third kappa shape index (κ3) is 4.44. The Kier molecular flexibility index (Phi) is 5.71. The topological polar surface area (TPSA) is 108 Å². The second-order valence-corrected chi connectivity index (χ2v) is 6.33. The van der Waals surface area contributed by atoms with Crippen LogP contribution in [0.25, 0.3) is 11.0 Å². The van der Waals surface area contributed by atoms with Gasteiger partial charge < -0.3 is 21.4 Å². The molecule has 0 radical (unpaired) electrons. The number of H-pyrrole nitrogens is 1. The molecule has 140 valence electrons. The van der Waals surface area contributed by atoms with Crippen molar-refractivity contribution in [3.05, 3.63) is 53.9 Å². The number of benzene rings is 1. The number of aromatic nitrogens is 2. The maximum absolute atomic E-state index is 12.7. The normalized spacial score (nSPS) is 11.6. The summed E-state index contributed by atoms with van der Waals surface area (Å²) in [4.78, 5) is 24.2. The average molecular weight is 364 g/mol. The number of amides is 1. The van der Waals surface area contributed by atoms with Gasteiger partial charge in [0.1, 0.15) is 5.65 Å². The minimum absolute atomic E-state index is 0.169. The Balaban J connectivity index is 1.72. The summed E-state index contributed by atoms with van der Waals surface area (Å²) in [7, 11) is 0. The highest BCUT2D eigenvalue weighted by molar-refractivity contribution is 6.09. The predicted molar refractivity (Wildman–Crippen MR) is 110 cm³/mol. The van der Waals surface area contributed by atoms with Crippen LogP contribution in [0.3, 0.4) is 0 Å². The first-order valence-corrected chi connectivity index (χ1v) is 8.99. The SMILES string of the molecule is CCCCN=C(N)Nc1ccc(C(=O)Nc2ccnc3[nH]ccc23)c(C)c1. The highest BCUT2D eigenvalue weighted by Gasteiger charge is 2.12. The first kappa shape index (κ1) is 18.4. The number of fused-ring (bicyclic) bond motifs is 1. The van der Waals surface area contributed by atoms with Gasteiger partial charge in [0, 0.05) is 35.6 Å². The highest BCUT2D eigenvalue weighted by atomic mass is 16.1. The fourth-order valence-corrected chi connectivity index (χ4v) is 2.80. The van der Waals surface area contributed by atoms with E-state index in [0.717, 1.165) is 40.8 Å². The van der Waals surface area contributed by atoms with E-state index in [1.165, 1.54) is 0 Å². The van der Waals surface area contributed by atoms with Crippen LogP contribution in [-0.4, -0.2) is 28.4 Å². The standard InChI is InChI=1S/C20H24N6O/c1-3-4-9-24-20(21)25-14-5-6-15(13(2)12-14)19(27)26-17-8-11-23-18-16(17)7-10-22-18/h5-8,10-12H,3-4,9H2,1-2H3,(H3,21,24,25)(H2,22,23,26,27). The van der Waals surface area contributed by atoms with Gasteiger partial charge in [-0.1, -0.05) is 13.3 Å². The quantitative estimate of drug-likeness (QED) is 0.304. The first-order chi connectivity index (χ1) is 13.1. The second-order valence-electron chi connectivity index (χ2n) is 6.33. The van der Waals surface area contributed by atoms with Gasteiger partial charge in [0.2, 0.25) is 0 Å². The maximum Gasteiger partial charge on any atom is 0.255 e. The average Bonchev–Trinajstić information content (AvgIpc) is 3.12. The lowest BCUT2D eigenvalue weighted by Crippen LogP contribution is -2.23. The van der Waals surface area contributed by atoms with Gasteiger partial charge in [-0.2, -0.15) is 0 Å². The highest BCUT2D eigenvalue weighted by Crippen LogP contribution is 2.22. The van der Waals surface area contributed by atoms with Crippen molar-refractivity contribution in [3.8, 4) is 0 Å². The lowest BCUT2D eigenvalue weighted by Gasteiger charge is -2.11. The van der Waals surface area contributed by atoms with Gasteiger partial charge in [-0.3, -0.25) is 9.79 Å². The van der Waals surface area contributed by atoms with E-state index in [4.69, 9.17) is 5.73 Å². The molecule has 0 bridgehead atoms. The Bertz CT molecular complexity index is 976. The number of unbranched alkanes of at least 4 members (excludes halogenated alkanes) is 1. The number of aliphatic imine (C=N–C) groups is 1. The van der Waals surface area contributed by atoms with Gasteiger partial charge in [0.05, 0.1) is 5.69 Å². The number of carbonyl (C=O) groups excluding carboxylic acids is 1. The number of pyridine rings is 1. The molecule has 7 heteroatoms. The van der Waals surface area contributed by atoms with Crippen molar-refractivity contribution in [3.63, 3.8) is 0 Å². The molecule has 27 heavy (non-hydrogen) atoms. The number of aryl methyl sites for hydroxylation is 1. The number of rotatable bonds is 6. The number of nitrogens with two attached hydrogens (primary N) is 1. The number of carbonyl (C=O) groups is 1. The molecule has 0 fully saturated rings. The van der Waals surface area contributed by atoms with E-state index >= 15 is 0 Å². The van der Waals surface area contributed by atoms with Crippen LogP contribution in [0.1, 0.15) is 35.7 Å². The molecule has 0 saturated carbocycles. The molecule has 5 N–H and O–H groups in total. The zero-order chi connectivity index (χ0) is 19.2. The van der Waals surface area contributed by atoms with Crippen molar-refractivity contribution in [2.75, 3.05) is 17.2 Å². The van der Waals surface area contributed by atoms with Crippen molar-refractivity contribution in [2.45, 2.75) is 26.7 Å². The summed E-state index contributed by atoms with van der Waals surface area (Å²) in [6.45, 7) is 4.70. The van der Waals surface area contributed by atoms with E-state index in [1.54, 1.807) is 24.5 Å². The van der Waals surface area contributed by atoms with E-state index in [2.05, 4.69) is 32.5 Å². The predicted octanol–water partition coefficient (Wildman–Crippen LogP) is 3.65. The number of nitrogens with zero attached hydrogens (tertiary/aromatic N) is 2. The molecule has 0 atom stereocenters. The molecule has 2 heterocycles. The van der Waals surface area contributed by atoms with E-state index < -0.39 is 0 Å². The van der Waals surface area contributed by atoms with Gasteiger partial charge in [-0.15, -0.1) is 0 Å². The largest absolute Gasteiger partial charge is 0.370 e. The van der Waals surface area contributed by atoms with E-state index in [1.807, 2.05) is 25.1 Å². The molecule has 2 aromatic heterocycles.